The molecule has 1 heterocycles. The molecule has 1 saturated heterocycles. The molecule has 0 spiro atoms. The third-order valence-electron chi connectivity index (χ3n) is 3.22. The van der Waals surface area contributed by atoms with Crippen molar-refractivity contribution in [3.63, 3.8) is 0 Å². The zero-order valence-electron chi connectivity index (χ0n) is 11.5. The minimum absolute atomic E-state index is 0.142. The molecular formula is C13H18ClNO4S. The summed E-state index contributed by atoms with van der Waals surface area (Å²) in [5.41, 5.74) is -0.0994. The van der Waals surface area contributed by atoms with Crippen molar-refractivity contribution < 1.29 is 18.3 Å². The predicted octanol–water partition coefficient (Wildman–Crippen LogP) is 1.63. The van der Waals surface area contributed by atoms with Crippen LogP contribution in [0.2, 0.25) is 5.02 Å². The van der Waals surface area contributed by atoms with Gasteiger partial charge in [-0.15, -0.1) is 0 Å². The summed E-state index contributed by atoms with van der Waals surface area (Å²) in [7, 11) is -3.60. The maximum Gasteiger partial charge on any atom is 0.243 e. The first-order chi connectivity index (χ1) is 9.26. The first-order valence-corrected chi connectivity index (χ1v) is 8.11. The number of morpholine rings is 1. The molecule has 7 heteroatoms. The number of ether oxygens (including phenoxy) is 1. The minimum atomic E-state index is -3.60. The molecule has 5 nitrogen and oxygen atoms in total. The fraction of sp³-hybridized carbons (Fsp3) is 0.538. The number of aliphatic hydroxyl groups excluding tert-OH is 1. The normalized spacial score (nSPS) is 20.0. The highest BCUT2D eigenvalue weighted by Crippen LogP contribution is 2.26. The van der Waals surface area contributed by atoms with Crippen molar-refractivity contribution in [2.75, 3.05) is 19.7 Å². The molecular weight excluding hydrogens is 302 g/mol. The summed E-state index contributed by atoms with van der Waals surface area (Å²) < 4.78 is 32.1. The van der Waals surface area contributed by atoms with Gasteiger partial charge in [-0.2, -0.15) is 4.31 Å². The summed E-state index contributed by atoms with van der Waals surface area (Å²) >= 11 is 5.89. The molecule has 1 aromatic carbocycles. The standard InChI is InChI=1S/C13H18ClNO4S/c1-13(2)9-15(5-6-19-13)20(17,18)11-3-4-12(14)10(7-11)8-16/h3-4,7,16H,5-6,8-9H2,1-2H3. The fourth-order valence-corrected chi connectivity index (χ4v) is 3.96. The summed E-state index contributed by atoms with van der Waals surface area (Å²) in [5.74, 6) is 0. The third-order valence-corrected chi connectivity index (χ3v) is 5.43. The van der Waals surface area contributed by atoms with Gasteiger partial charge in [-0.25, -0.2) is 8.42 Å². The molecule has 0 unspecified atom stereocenters. The summed E-state index contributed by atoms with van der Waals surface area (Å²) in [6, 6.07) is 4.37. The van der Waals surface area contributed by atoms with E-state index in [9.17, 15) is 13.5 Å². The van der Waals surface area contributed by atoms with Crippen LogP contribution in [-0.4, -0.2) is 43.1 Å². The Labute approximate surface area is 124 Å². The Kier molecular flexibility index (Phi) is 4.41. The van der Waals surface area contributed by atoms with Crippen molar-refractivity contribution in [2.24, 2.45) is 0 Å². The second-order valence-corrected chi connectivity index (χ2v) is 7.70. The van der Waals surface area contributed by atoms with E-state index in [-0.39, 0.29) is 11.5 Å². The van der Waals surface area contributed by atoms with Gasteiger partial charge in [0.15, 0.2) is 0 Å². The Balaban J connectivity index is 2.35. The number of aliphatic hydroxyl groups is 1. The molecule has 0 aromatic heterocycles. The minimum Gasteiger partial charge on any atom is -0.392 e. The van der Waals surface area contributed by atoms with Gasteiger partial charge in [0.2, 0.25) is 10.0 Å². The molecule has 20 heavy (non-hydrogen) atoms. The molecule has 0 bridgehead atoms. The Hall–Kier alpha value is -0.660. The van der Waals surface area contributed by atoms with Crippen LogP contribution in [0.3, 0.4) is 0 Å². The largest absolute Gasteiger partial charge is 0.392 e. The Bertz CT molecular complexity index is 600. The second-order valence-electron chi connectivity index (χ2n) is 5.36. The SMILES string of the molecule is CC1(C)CN(S(=O)(=O)c2ccc(Cl)c(CO)c2)CCO1. The van der Waals surface area contributed by atoms with Crippen molar-refractivity contribution in [1.82, 2.24) is 4.31 Å². The molecule has 1 aliphatic heterocycles. The summed E-state index contributed by atoms with van der Waals surface area (Å²) in [5, 5.41) is 9.54. The van der Waals surface area contributed by atoms with Gasteiger partial charge in [0.25, 0.3) is 0 Å². The number of hydrogen-bond donors (Lipinski definition) is 1. The molecule has 0 radical (unpaired) electrons. The van der Waals surface area contributed by atoms with Crippen LogP contribution in [-0.2, 0) is 21.4 Å². The van der Waals surface area contributed by atoms with E-state index < -0.39 is 15.6 Å². The van der Waals surface area contributed by atoms with Gasteiger partial charge in [-0.3, -0.25) is 0 Å². The fourth-order valence-electron chi connectivity index (χ4n) is 2.16. The van der Waals surface area contributed by atoms with Gasteiger partial charge >= 0.3 is 0 Å². The summed E-state index contributed by atoms with van der Waals surface area (Å²) in [6.07, 6.45) is 0. The molecule has 0 atom stereocenters. The van der Waals surface area contributed by atoms with Gasteiger partial charge in [-0.05, 0) is 37.6 Å². The Morgan fingerprint density at radius 3 is 2.75 bits per heavy atom. The van der Waals surface area contributed by atoms with E-state index in [1.807, 2.05) is 13.8 Å². The van der Waals surface area contributed by atoms with E-state index in [2.05, 4.69) is 0 Å². The van der Waals surface area contributed by atoms with Crippen molar-refractivity contribution in [3.05, 3.63) is 28.8 Å². The van der Waals surface area contributed by atoms with Gasteiger partial charge in [-0.1, -0.05) is 11.6 Å². The van der Waals surface area contributed by atoms with Crippen LogP contribution in [0, 0.1) is 0 Å². The van der Waals surface area contributed by atoms with Crippen molar-refractivity contribution >= 4 is 21.6 Å². The van der Waals surface area contributed by atoms with Crippen LogP contribution < -0.4 is 0 Å². The zero-order chi connectivity index (χ0) is 15.0. The van der Waals surface area contributed by atoms with Crippen molar-refractivity contribution in [3.8, 4) is 0 Å². The second kappa shape index (κ2) is 5.61. The topological polar surface area (TPSA) is 66.8 Å². The molecule has 1 aromatic rings. The van der Waals surface area contributed by atoms with Crippen LogP contribution >= 0.6 is 11.6 Å². The van der Waals surface area contributed by atoms with Crippen molar-refractivity contribution in [1.29, 1.82) is 0 Å². The number of sulfonamides is 1. The number of hydrogen-bond acceptors (Lipinski definition) is 4. The Morgan fingerprint density at radius 1 is 1.45 bits per heavy atom. The lowest BCUT2D eigenvalue weighted by molar-refractivity contribution is -0.0640. The monoisotopic (exact) mass is 319 g/mol. The maximum atomic E-state index is 12.6. The average molecular weight is 320 g/mol. The average Bonchev–Trinajstić information content (AvgIpc) is 2.37. The zero-order valence-corrected chi connectivity index (χ0v) is 13.0. The molecule has 2 rings (SSSR count). The van der Waals surface area contributed by atoms with Gasteiger partial charge in [0, 0.05) is 18.1 Å². The summed E-state index contributed by atoms with van der Waals surface area (Å²) in [6.45, 7) is 4.41. The number of halogens is 1. The van der Waals surface area contributed by atoms with E-state index >= 15 is 0 Å². The van der Waals surface area contributed by atoms with E-state index in [4.69, 9.17) is 16.3 Å². The van der Waals surface area contributed by atoms with Crippen molar-refractivity contribution in [2.45, 2.75) is 31.0 Å². The first kappa shape index (κ1) is 15.7. The smallest absolute Gasteiger partial charge is 0.243 e. The van der Waals surface area contributed by atoms with E-state index in [0.717, 1.165) is 0 Å². The van der Waals surface area contributed by atoms with Gasteiger partial charge < -0.3 is 9.84 Å². The molecule has 1 aliphatic rings. The molecule has 1 N–H and O–H groups in total. The van der Waals surface area contributed by atoms with E-state index in [0.29, 0.717) is 30.3 Å². The van der Waals surface area contributed by atoms with Crippen LogP contribution in [0.25, 0.3) is 0 Å². The molecule has 0 amide bonds. The Morgan fingerprint density at radius 2 is 2.15 bits per heavy atom. The quantitative estimate of drug-likeness (QED) is 0.919. The number of nitrogens with zero attached hydrogens (tertiary/aromatic N) is 1. The summed E-state index contributed by atoms with van der Waals surface area (Å²) in [4.78, 5) is 0.142. The lowest BCUT2D eigenvalue weighted by atomic mass is 10.1. The highest BCUT2D eigenvalue weighted by Gasteiger charge is 2.35. The lowest BCUT2D eigenvalue weighted by Gasteiger charge is -2.37. The molecule has 0 aliphatic carbocycles. The van der Waals surface area contributed by atoms with E-state index in [1.54, 1.807) is 0 Å². The number of benzene rings is 1. The maximum absolute atomic E-state index is 12.6. The number of rotatable bonds is 3. The molecule has 112 valence electrons. The van der Waals surface area contributed by atoms with Gasteiger partial charge in [0.05, 0.1) is 23.7 Å². The van der Waals surface area contributed by atoms with Crippen LogP contribution in [0.1, 0.15) is 19.4 Å². The predicted molar refractivity (Wildman–Crippen MR) is 76.2 cm³/mol. The van der Waals surface area contributed by atoms with Gasteiger partial charge in [0.1, 0.15) is 0 Å². The molecule has 1 fully saturated rings. The highest BCUT2D eigenvalue weighted by molar-refractivity contribution is 7.89. The molecule has 0 saturated carbocycles. The van der Waals surface area contributed by atoms with Crippen LogP contribution in [0.4, 0.5) is 0 Å². The van der Waals surface area contributed by atoms with Crippen LogP contribution in [0.15, 0.2) is 23.1 Å². The van der Waals surface area contributed by atoms with E-state index in [1.165, 1.54) is 22.5 Å². The van der Waals surface area contributed by atoms with Crippen LogP contribution in [0.5, 0.6) is 0 Å². The highest BCUT2D eigenvalue weighted by atomic mass is 35.5. The lowest BCUT2D eigenvalue weighted by Crippen LogP contribution is -2.50. The first-order valence-electron chi connectivity index (χ1n) is 6.30. The third kappa shape index (κ3) is 3.15.